The minimum Gasteiger partial charge on any atom is -0.393 e. The number of aliphatic hydroxyl groups is 1. The summed E-state index contributed by atoms with van der Waals surface area (Å²) in [4.78, 5) is 5.26. The second kappa shape index (κ2) is 9.81. The Morgan fingerprint density at radius 3 is 2.39 bits per heavy atom. The van der Waals surface area contributed by atoms with Crippen LogP contribution in [-0.4, -0.2) is 48.8 Å². The molecule has 6 rings (SSSR count). The zero-order valence-corrected chi connectivity index (χ0v) is 24.8. The number of allylic oxidation sites excluding steroid dienone is 4. The number of aliphatic hydroxyl groups excluding tert-OH is 1. The first-order valence-corrected chi connectivity index (χ1v) is 15.8. The second-order valence-corrected chi connectivity index (χ2v) is 14.6. The van der Waals surface area contributed by atoms with Gasteiger partial charge in [-0.15, -0.1) is 0 Å². The molecule has 2 fully saturated rings. The fourth-order valence-electron chi connectivity index (χ4n) is 10.0. The molecule has 1 aromatic carbocycles. The van der Waals surface area contributed by atoms with Crippen molar-refractivity contribution in [1.82, 2.24) is 4.90 Å². The molecule has 1 saturated carbocycles. The van der Waals surface area contributed by atoms with Gasteiger partial charge in [-0.1, -0.05) is 64.5 Å². The summed E-state index contributed by atoms with van der Waals surface area (Å²) in [6, 6.07) is 10.9. The van der Waals surface area contributed by atoms with Gasteiger partial charge in [0.25, 0.3) is 0 Å². The molecular formula is C35H52N2O. The maximum atomic E-state index is 10.9. The van der Waals surface area contributed by atoms with E-state index in [4.69, 9.17) is 0 Å². The monoisotopic (exact) mass is 516 g/mol. The van der Waals surface area contributed by atoms with Gasteiger partial charge >= 0.3 is 0 Å². The number of hydrogen-bond donors (Lipinski definition) is 1. The summed E-state index contributed by atoms with van der Waals surface area (Å²) in [5.74, 6) is 2.16. The molecule has 0 amide bonds. The SMILES string of the molecule is C[C@@H](CCN1CCN(c2ccccc2)CC1)[C@H]1CC=C2C3=C(CC[C@@]21C)[C@@]1(C)CC[C@H](O)C(C)(C)[C@@H]1CC3. The summed E-state index contributed by atoms with van der Waals surface area (Å²) in [7, 11) is 0. The molecule has 6 atom stereocenters. The number of rotatable bonds is 5. The van der Waals surface area contributed by atoms with Gasteiger partial charge < -0.3 is 10.0 Å². The molecule has 0 aromatic heterocycles. The molecule has 0 radical (unpaired) electrons. The van der Waals surface area contributed by atoms with Crippen molar-refractivity contribution in [2.75, 3.05) is 37.6 Å². The zero-order valence-electron chi connectivity index (χ0n) is 24.8. The molecular weight excluding hydrogens is 464 g/mol. The van der Waals surface area contributed by atoms with Gasteiger partial charge in [0.2, 0.25) is 0 Å². The molecule has 1 aromatic rings. The third-order valence-electron chi connectivity index (χ3n) is 12.5. The maximum absolute atomic E-state index is 10.9. The van der Waals surface area contributed by atoms with E-state index < -0.39 is 0 Å². The van der Waals surface area contributed by atoms with Gasteiger partial charge in [0.1, 0.15) is 0 Å². The molecule has 38 heavy (non-hydrogen) atoms. The fourth-order valence-corrected chi connectivity index (χ4v) is 10.0. The van der Waals surface area contributed by atoms with Gasteiger partial charge in [-0.3, -0.25) is 4.90 Å². The highest BCUT2D eigenvalue weighted by Gasteiger charge is 2.57. The second-order valence-electron chi connectivity index (χ2n) is 14.6. The largest absolute Gasteiger partial charge is 0.393 e. The van der Waals surface area contributed by atoms with E-state index in [1.54, 1.807) is 16.7 Å². The van der Waals surface area contributed by atoms with Gasteiger partial charge in [0, 0.05) is 31.9 Å². The minimum absolute atomic E-state index is 0.0277. The van der Waals surface area contributed by atoms with Crippen molar-refractivity contribution in [3.8, 4) is 0 Å². The van der Waals surface area contributed by atoms with Gasteiger partial charge in [0.05, 0.1) is 6.10 Å². The zero-order chi connectivity index (χ0) is 26.7. The molecule has 3 heteroatoms. The lowest BCUT2D eigenvalue weighted by Crippen LogP contribution is -2.53. The molecule has 1 aliphatic heterocycles. The van der Waals surface area contributed by atoms with Crippen molar-refractivity contribution in [2.45, 2.75) is 92.1 Å². The Labute approximate surface area is 232 Å². The molecule has 0 unspecified atom stereocenters. The highest BCUT2D eigenvalue weighted by atomic mass is 16.3. The summed E-state index contributed by atoms with van der Waals surface area (Å²) in [6.07, 6.45) is 12.4. The average Bonchev–Trinajstić information content (AvgIpc) is 3.28. The van der Waals surface area contributed by atoms with Crippen LogP contribution in [0.3, 0.4) is 0 Å². The van der Waals surface area contributed by atoms with Crippen LogP contribution in [0.25, 0.3) is 0 Å². The Morgan fingerprint density at radius 1 is 0.921 bits per heavy atom. The van der Waals surface area contributed by atoms with Crippen LogP contribution in [0, 0.1) is 34.0 Å². The van der Waals surface area contributed by atoms with Gasteiger partial charge in [-0.05, 0) is 115 Å². The highest BCUT2D eigenvalue weighted by Crippen LogP contribution is 2.66. The van der Waals surface area contributed by atoms with Crippen LogP contribution >= 0.6 is 0 Å². The van der Waals surface area contributed by atoms with Gasteiger partial charge in [-0.25, -0.2) is 0 Å². The Hall–Kier alpha value is -1.58. The Kier molecular flexibility index (Phi) is 6.87. The lowest BCUT2D eigenvalue weighted by atomic mass is 9.46. The number of hydrogen-bond acceptors (Lipinski definition) is 3. The van der Waals surface area contributed by atoms with Crippen LogP contribution in [0.2, 0.25) is 0 Å². The first-order chi connectivity index (χ1) is 18.1. The van der Waals surface area contributed by atoms with Crippen LogP contribution < -0.4 is 4.90 Å². The normalized spacial score (nSPS) is 37.8. The molecule has 3 nitrogen and oxygen atoms in total. The van der Waals surface area contributed by atoms with Crippen LogP contribution in [-0.2, 0) is 0 Å². The van der Waals surface area contributed by atoms with Gasteiger partial charge in [0.15, 0.2) is 0 Å². The summed E-state index contributed by atoms with van der Waals surface area (Å²) in [5, 5.41) is 10.9. The summed E-state index contributed by atoms with van der Waals surface area (Å²) < 4.78 is 0. The standard InChI is InChI=1S/C35H52N2O/c1-25(17-20-36-21-23-37(24-22-36)26-9-7-6-8-10-26)28-12-13-29-27-11-14-31-33(2,3)32(38)16-19-35(31,5)30(27)15-18-34(28,29)4/h6-10,13,25,28,31-32,38H,11-12,14-24H2,1-5H3/t25-,28+,31-,32-,34+,35+/m0/s1. The van der Waals surface area contributed by atoms with E-state index in [1.807, 2.05) is 0 Å². The average molecular weight is 517 g/mol. The van der Waals surface area contributed by atoms with E-state index in [0.717, 1.165) is 31.3 Å². The number of benzene rings is 1. The number of anilines is 1. The van der Waals surface area contributed by atoms with Crippen LogP contribution in [0.1, 0.15) is 86.0 Å². The van der Waals surface area contributed by atoms with Crippen molar-refractivity contribution in [3.63, 3.8) is 0 Å². The van der Waals surface area contributed by atoms with Crippen molar-refractivity contribution in [1.29, 1.82) is 0 Å². The van der Waals surface area contributed by atoms with E-state index in [-0.39, 0.29) is 16.9 Å². The first-order valence-electron chi connectivity index (χ1n) is 15.8. The van der Waals surface area contributed by atoms with Crippen LogP contribution in [0.5, 0.6) is 0 Å². The number of nitrogens with zero attached hydrogens (tertiary/aromatic N) is 2. The molecule has 4 aliphatic carbocycles. The van der Waals surface area contributed by atoms with E-state index in [0.29, 0.717) is 11.3 Å². The molecule has 0 bridgehead atoms. The third-order valence-corrected chi connectivity index (χ3v) is 12.5. The molecule has 0 spiro atoms. The van der Waals surface area contributed by atoms with Crippen molar-refractivity contribution in [3.05, 3.63) is 53.1 Å². The predicted molar refractivity (Wildman–Crippen MR) is 159 cm³/mol. The predicted octanol–water partition coefficient (Wildman–Crippen LogP) is 7.48. The van der Waals surface area contributed by atoms with Crippen molar-refractivity contribution >= 4 is 5.69 Å². The number of para-hydroxylation sites is 1. The molecule has 5 aliphatic rings. The summed E-state index contributed by atoms with van der Waals surface area (Å²) in [5.41, 5.74) is 7.34. The fraction of sp³-hybridized carbons (Fsp3) is 0.714. The van der Waals surface area contributed by atoms with Crippen molar-refractivity contribution < 1.29 is 5.11 Å². The number of piperazine rings is 1. The molecule has 1 N–H and O–H groups in total. The Bertz CT molecular complexity index is 1080. The van der Waals surface area contributed by atoms with E-state index in [2.05, 4.69) is 80.8 Å². The van der Waals surface area contributed by atoms with Crippen molar-refractivity contribution in [2.24, 2.45) is 34.0 Å². The smallest absolute Gasteiger partial charge is 0.0594 e. The van der Waals surface area contributed by atoms with Crippen LogP contribution in [0.4, 0.5) is 5.69 Å². The van der Waals surface area contributed by atoms with Gasteiger partial charge in [-0.2, -0.15) is 0 Å². The van der Waals surface area contributed by atoms with Crippen LogP contribution in [0.15, 0.2) is 53.1 Å². The quantitative estimate of drug-likeness (QED) is 0.440. The maximum Gasteiger partial charge on any atom is 0.0594 e. The van der Waals surface area contributed by atoms with E-state index in [1.165, 1.54) is 70.3 Å². The first kappa shape index (κ1) is 26.6. The Balaban J connectivity index is 1.10. The number of fused-ring (bicyclic) bond motifs is 4. The topological polar surface area (TPSA) is 26.7 Å². The lowest BCUT2D eigenvalue weighted by molar-refractivity contribution is -0.0905. The molecule has 1 saturated heterocycles. The molecule has 1 heterocycles. The van der Waals surface area contributed by atoms with E-state index >= 15 is 0 Å². The summed E-state index contributed by atoms with van der Waals surface area (Å²) >= 11 is 0. The Morgan fingerprint density at radius 2 is 1.66 bits per heavy atom. The molecule has 208 valence electrons. The highest BCUT2D eigenvalue weighted by molar-refractivity contribution is 5.50. The third kappa shape index (κ3) is 4.22. The lowest BCUT2D eigenvalue weighted by Gasteiger charge is -2.59. The summed E-state index contributed by atoms with van der Waals surface area (Å²) in [6.45, 7) is 18.3. The minimum atomic E-state index is -0.145. The van der Waals surface area contributed by atoms with E-state index in [9.17, 15) is 5.11 Å².